The predicted molar refractivity (Wildman–Crippen MR) is 98.8 cm³/mol. The Balaban J connectivity index is 1.68. The van der Waals surface area contributed by atoms with Crippen LogP contribution in [0.3, 0.4) is 0 Å². The molecule has 0 spiro atoms. The van der Waals surface area contributed by atoms with Crippen molar-refractivity contribution in [2.45, 2.75) is 18.2 Å². The summed E-state index contributed by atoms with van der Waals surface area (Å²) in [5.74, 6) is 1.40. The largest absolute Gasteiger partial charge is 0.495 e. The molecule has 144 valence electrons. The Kier molecular flexibility index (Phi) is 5.52. The molecule has 0 fully saturated rings. The molecule has 1 aliphatic rings. The third-order valence-corrected chi connectivity index (χ3v) is 5.39. The molecule has 0 radical (unpaired) electrons. The van der Waals surface area contributed by atoms with E-state index < -0.39 is 10.0 Å². The zero-order valence-corrected chi connectivity index (χ0v) is 15.8. The molecule has 0 saturated heterocycles. The summed E-state index contributed by atoms with van der Waals surface area (Å²) in [6.45, 7) is 1.74. The Morgan fingerprint density at radius 3 is 2.67 bits per heavy atom. The van der Waals surface area contributed by atoms with Gasteiger partial charge in [-0.3, -0.25) is 4.79 Å². The van der Waals surface area contributed by atoms with Crippen molar-refractivity contribution < 1.29 is 27.4 Å². The standard InChI is InChI=1S/C18H20N2O6S/c1-12(21)20-15-10-14(4-6-16(15)24-2)27(22,23)19-8-7-13-3-5-17-18(9-13)26-11-25-17/h3-6,9-10,19H,7-8,11H2,1-2H3,(H,20,21). The molecule has 8 nitrogen and oxygen atoms in total. The van der Waals surface area contributed by atoms with Crippen LogP contribution in [0, 0.1) is 0 Å². The smallest absolute Gasteiger partial charge is 0.240 e. The number of nitrogens with one attached hydrogen (secondary N) is 2. The first kappa shape index (κ1) is 19.0. The zero-order valence-electron chi connectivity index (χ0n) is 14.9. The second-order valence-electron chi connectivity index (χ2n) is 5.88. The van der Waals surface area contributed by atoms with Crippen LogP contribution in [0.25, 0.3) is 0 Å². The first-order valence-electron chi connectivity index (χ1n) is 8.23. The molecule has 9 heteroatoms. The van der Waals surface area contributed by atoms with Crippen molar-refractivity contribution in [3.63, 3.8) is 0 Å². The molecule has 2 aromatic rings. The number of amides is 1. The van der Waals surface area contributed by atoms with E-state index in [1.54, 1.807) is 6.07 Å². The summed E-state index contributed by atoms with van der Waals surface area (Å²) in [5.41, 5.74) is 1.22. The number of benzene rings is 2. The molecule has 27 heavy (non-hydrogen) atoms. The van der Waals surface area contributed by atoms with Gasteiger partial charge in [-0.05, 0) is 42.3 Å². The summed E-state index contributed by atoms with van der Waals surface area (Å²) < 4.78 is 43.3. The molecule has 1 aliphatic heterocycles. The van der Waals surface area contributed by atoms with Crippen LogP contribution in [0.15, 0.2) is 41.3 Å². The lowest BCUT2D eigenvalue weighted by Crippen LogP contribution is -2.26. The Bertz CT molecular complexity index is 958. The summed E-state index contributed by atoms with van der Waals surface area (Å²) >= 11 is 0. The first-order valence-corrected chi connectivity index (χ1v) is 9.71. The van der Waals surface area contributed by atoms with Gasteiger partial charge < -0.3 is 19.5 Å². The third-order valence-electron chi connectivity index (χ3n) is 3.93. The monoisotopic (exact) mass is 392 g/mol. The number of fused-ring (bicyclic) bond motifs is 1. The van der Waals surface area contributed by atoms with Crippen molar-refractivity contribution in [3.8, 4) is 17.2 Å². The second kappa shape index (κ2) is 7.85. The van der Waals surface area contributed by atoms with E-state index in [-0.39, 0.29) is 24.1 Å². The number of sulfonamides is 1. The fourth-order valence-corrected chi connectivity index (χ4v) is 3.71. The van der Waals surface area contributed by atoms with Crippen molar-refractivity contribution in [2.24, 2.45) is 0 Å². The van der Waals surface area contributed by atoms with Crippen LogP contribution in [0.1, 0.15) is 12.5 Å². The van der Waals surface area contributed by atoms with Gasteiger partial charge in [-0.25, -0.2) is 13.1 Å². The van der Waals surface area contributed by atoms with Gasteiger partial charge in [-0.2, -0.15) is 0 Å². The van der Waals surface area contributed by atoms with Gasteiger partial charge in [0.15, 0.2) is 11.5 Å². The average Bonchev–Trinajstić information content (AvgIpc) is 3.09. The molecule has 2 N–H and O–H groups in total. The van der Waals surface area contributed by atoms with E-state index in [1.165, 1.54) is 32.2 Å². The van der Waals surface area contributed by atoms with Gasteiger partial charge in [0.05, 0.1) is 17.7 Å². The Morgan fingerprint density at radius 1 is 1.15 bits per heavy atom. The van der Waals surface area contributed by atoms with Crippen LogP contribution in [0.5, 0.6) is 17.2 Å². The molecule has 2 aromatic carbocycles. The number of methoxy groups -OCH3 is 1. The van der Waals surface area contributed by atoms with Gasteiger partial charge in [0.25, 0.3) is 0 Å². The summed E-state index contributed by atoms with van der Waals surface area (Å²) in [4.78, 5) is 11.3. The minimum Gasteiger partial charge on any atom is -0.495 e. The molecule has 0 atom stereocenters. The Labute approximate surface area is 157 Å². The number of carbonyl (C=O) groups excluding carboxylic acids is 1. The van der Waals surface area contributed by atoms with Gasteiger partial charge in [-0.15, -0.1) is 0 Å². The SMILES string of the molecule is COc1ccc(S(=O)(=O)NCCc2ccc3c(c2)OCO3)cc1NC(C)=O. The number of anilines is 1. The number of carbonyl (C=O) groups is 1. The molecule has 1 amide bonds. The van der Waals surface area contributed by atoms with Crippen molar-refractivity contribution in [1.29, 1.82) is 0 Å². The fraction of sp³-hybridized carbons (Fsp3) is 0.278. The molecule has 3 rings (SSSR count). The van der Waals surface area contributed by atoms with Gasteiger partial charge >= 0.3 is 0 Å². The molecule has 0 aromatic heterocycles. The molecule has 0 aliphatic carbocycles. The van der Waals surface area contributed by atoms with Crippen LogP contribution in [-0.2, 0) is 21.2 Å². The average molecular weight is 392 g/mol. The van der Waals surface area contributed by atoms with Crippen LogP contribution >= 0.6 is 0 Å². The number of rotatable bonds is 7. The second-order valence-corrected chi connectivity index (χ2v) is 7.65. The maximum absolute atomic E-state index is 12.5. The van der Waals surface area contributed by atoms with Gasteiger partial charge in [-0.1, -0.05) is 6.07 Å². The number of hydrogen-bond acceptors (Lipinski definition) is 6. The molecular weight excluding hydrogens is 372 g/mol. The summed E-state index contributed by atoms with van der Waals surface area (Å²) in [7, 11) is -2.30. The maximum atomic E-state index is 12.5. The lowest BCUT2D eigenvalue weighted by molar-refractivity contribution is -0.114. The highest BCUT2D eigenvalue weighted by Gasteiger charge is 2.17. The summed E-state index contributed by atoms with van der Waals surface area (Å²) in [6, 6.07) is 9.78. The number of ether oxygens (including phenoxy) is 3. The van der Waals surface area contributed by atoms with E-state index in [2.05, 4.69) is 10.0 Å². The molecule has 0 bridgehead atoms. The maximum Gasteiger partial charge on any atom is 0.240 e. The highest BCUT2D eigenvalue weighted by atomic mass is 32.2. The predicted octanol–water partition coefficient (Wildman–Crippen LogP) is 1.90. The summed E-state index contributed by atoms with van der Waals surface area (Å²) in [5, 5.41) is 2.56. The highest BCUT2D eigenvalue weighted by molar-refractivity contribution is 7.89. The van der Waals surface area contributed by atoms with Crippen LogP contribution < -0.4 is 24.2 Å². The Hall–Kier alpha value is -2.78. The van der Waals surface area contributed by atoms with E-state index in [1.807, 2.05) is 12.1 Å². The minimum absolute atomic E-state index is 0.0396. The van der Waals surface area contributed by atoms with Crippen LogP contribution in [-0.4, -0.2) is 34.8 Å². The third kappa shape index (κ3) is 4.50. The van der Waals surface area contributed by atoms with E-state index in [0.29, 0.717) is 29.4 Å². The zero-order chi connectivity index (χ0) is 19.4. The van der Waals surface area contributed by atoms with Gasteiger partial charge in [0.2, 0.25) is 22.7 Å². The normalized spacial score (nSPS) is 12.7. The lowest BCUT2D eigenvalue weighted by atomic mass is 10.1. The molecule has 0 unspecified atom stereocenters. The lowest BCUT2D eigenvalue weighted by Gasteiger charge is -2.12. The van der Waals surface area contributed by atoms with E-state index in [9.17, 15) is 13.2 Å². The number of hydrogen-bond donors (Lipinski definition) is 2. The highest BCUT2D eigenvalue weighted by Crippen LogP contribution is 2.32. The van der Waals surface area contributed by atoms with Gasteiger partial charge in [0, 0.05) is 13.5 Å². The van der Waals surface area contributed by atoms with Crippen LogP contribution in [0.2, 0.25) is 0 Å². The topological polar surface area (TPSA) is 103 Å². The van der Waals surface area contributed by atoms with E-state index in [4.69, 9.17) is 14.2 Å². The molecule has 1 heterocycles. The van der Waals surface area contributed by atoms with Crippen molar-refractivity contribution in [3.05, 3.63) is 42.0 Å². The fourth-order valence-electron chi connectivity index (χ4n) is 2.65. The van der Waals surface area contributed by atoms with Crippen molar-refractivity contribution in [1.82, 2.24) is 4.72 Å². The quantitative estimate of drug-likeness (QED) is 0.746. The van der Waals surface area contributed by atoms with Crippen LogP contribution in [0.4, 0.5) is 5.69 Å². The van der Waals surface area contributed by atoms with Crippen molar-refractivity contribution >= 4 is 21.6 Å². The van der Waals surface area contributed by atoms with Gasteiger partial charge in [0.1, 0.15) is 5.75 Å². The summed E-state index contributed by atoms with van der Waals surface area (Å²) in [6.07, 6.45) is 0.491. The Morgan fingerprint density at radius 2 is 1.93 bits per heavy atom. The molecule has 0 saturated carbocycles. The van der Waals surface area contributed by atoms with Crippen molar-refractivity contribution in [2.75, 3.05) is 25.8 Å². The van der Waals surface area contributed by atoms with E-state index >= 15 is 0 Å². The first-order chi connectivity index (χ1) is 12.9. The molecular formula is C18H20N2O6S. The minimum atomic E-state index is -3.74. The van der Waals surface area contributed by atoms with E-state index in [0.717, 1.165) is 5.56 Å².